The van der Waals surface area contributed by atoms with Crippen LogP contribution in [0, 0.1) is 5.92 Å². The van der Waals surface area contributed by atoms with Crippen molar-refractivity contribution in [2.75, 3.05) is 0 Å². The summed E-state index contributed by atoms with van der Waals surface area (Å²) in [5.41, 5.74) is 0. The minimum atomic E-state index is -0.369. The van der Waals surface area contributed by atoms with Crippen LogP contribution in [0.5, 0.6) is 0 Å². The van der Waals surface area contributed by atoms with Gasteiger partial charge in [-0.15, -0.1) is 0 Å². The first-order chi connectivity index (χ1) is 4.22. The van der Waals surface area contributed by atoms with Crippen LogP contribution < -0.4 is 0 Å². The Labute approximate surface area is 54.9 Å². The maximum absolute atomic E-state index is 10.8. The molecule has 2 unspecified atom stereocenters. The summed E-state index contributed by atoms with van der Waals surface area (Å²) in [6.07, 6.45) is 1.96. The summed E-state index contributed by atoms with van der Waals surface area (Å²) in [5.74, 6) is 0.104. The zero-order chi connectivity index (χ0) is 6.85. The Morgan fingerprint density at radius 3 is 2.78 bits per heavy atom. The lowest BCUT2D eigenvalue weighted by Gasteiger charge is -2.22. The number of ketones is 1. The third-order valence-corrected chi connectivity index (χ3v) is 2.01. The molecule has 0 aromatic carbocycles. The third-order valence-electron chi connectivity index (χ3n) is 2.01. The predicted molar refractivity (Wildman–Crippen MR) is 34.0 cm³/mol. The summed E-state index contributed by atoms with van der Waals surface area (Å²) in [6.45, 7) is 1.80. The monoisotopic (exact) mass is 128 g/mol. The van der Waals surface area contributed by atoms with Gasteiger partial charge in [0.15, 0.2) is 0 Å². The van der Waals surface area contributed by atoms with Crippen LogP contribution in [-0.2, 0) is 4.79 Å². The molecular formula is C7H12O2. The molecule has 0 bridgehead atoms. The molecule has 1 rings (SSSR count). The molecule has 1 N–H and O–H groups in total. The summed E-state index contributed by atoms with van der Waals surface area (Å²) in [7, 11) is 0. The number of carbonyl (C=O) groups is 1. The molecule has 1 saturated carbocycles. The van der Waals surface area contributed by atoms with Gasteiger partial charge < -0.3 is 5.11 Å². The average molecular weight is 128 g/mol. The highest BCUT2D eigenvalue weighted by molar-refractivity contribution is 5.81. The van der Waals surface area contributed by atoms with Crippen molar-refractivity contribution in [2.24, 2.45) is 5.92 Å². The van der Waals surface area contributed by atoms with E-state index >= 15 is 0 Å². The van der Waals surface area contributed by atoms with E-state index in [0.29, 0.717) is 6.42 Å². The van der Waals surface area contributed by atoms with Gasteiger partial charge in [0.2, 0.25) is 0 Å². The molecule has 0 spiro atoms. The van der Waals surface area contributed by atoms with Crippen molar-refractivity contribution in [3.63, 3.8) is 0 Å². The van der Waals surface area contributed by atoms with Crippen molar-refractivity contribution >= 4 is 5.78 Å². The second kappa shape index (κ2) is 2.48. The van der Waals surface area contributed by atoms with Gasteiger partial charge in [0, 0.05) is 12.3 Å². The second-order valence-corrected chi connectivity index (χ2v) is 2.71. The molecule has 0 radical (unpaired) electrons. The molecule has 0 aliphatic heterocycles. The molecule has 2 heteroatoms. The van der Waals surface area contributed by atoms with E-state index in [1.54, 1.807) is 6.92 Å². The molecule has 9 heavy (non-hydrogen) atoms. The van der Waals surface area contributed by atoms with Crippen molar-refractivity contribution in [3.05, 3.63) is 0 Å². The lowest BCUT2D eigenvalue weighted by Crippen LogP contribution is -2.29. The van der Waals surface area contributed by atoms with Gasteiger partial charge in [-0.2, -0.15) is 0 Å². The largest absolute Gasteiger partial charge is 0.392 e. The number of carbonyl (C=O) groups excluding carboxylic acids is 1. The topological polar surface area (TPSA) is 37.3 Å². The van der Waals surface area contributed by atoms with Crippen LogP contribution in [-0.4, -0.2) is 17.0 Å². The van der Waals surface area contributed by atoms with E-state index in [1.165, 1.54) is 0 Å². The highest BCUT2D eigenvalue weighted by Gasteiger charge is 2.25. The van der Waals surface area contributed by atoms with E-state index in [1.807, 2.05) is 0 Å². The van der Waals surface area contributed by atoms with E-state index < -0.39 is 0 Å². The molecule has 1 aliphatic carbocycles. The Morgan fingerprint density at radius 2 is 2.33 bits per heavy atom. The van der Waals surface area contributed by atoms with Gasteiger partial charge in [0.1, 0.15) is 5.78 Å². The lowest BCUT2D eigenvalue weighted by atomic mass is 9.87. The molecule has 0 amide bonds. The number of hydrogen-bond donors (Lipinski definition) is 1. The molecule has 1 fully saturated rings. The van der Waals surface area contributed by atoms with Crippen LogP contribution in [0.25, 0.3) is 0 Å². The van der Waals surface area contributed by atoms with Crippen LogP contribution in [0.3, 0.4) is 0 Å². The SMILES string of the molecule is CC1C(=O)CCCC1O. The molecule has 1 aliphatic rings. The standard InChI is InChI=1S/C7H12O2/c1-5-6(8)3-2-4-7(5)9/h5-6,8H,2-4H2,1H3. The van der Waals surface area contributed by atoms with Crippen molar-refractivity contribution in [2.45, 2.75) is 32.3 Å². The molecule has 2 nitrogen and oxygen atoms in total. The summed E-state index contributed by atoms with van der Waals surface area (Å²) < 4.78 is 0. The van der Waals surface area contributed by atoms with E-state index in [-0.39, 0.29) is 17.8 Å². The fraction of sp³-hybridized carbons (Fsp3) is 0.857. The molecule has 2 atom stereocenters. The van der Waals surface area contributed by atoms with Crippen molar-refractivity contribution < 1.29 is 9.90 Å². The van der Waals surface area contributed by atoms with Crippen LogP contribution in [0.1, 0.15) is 26.2 Å². The Balaban J connectivity index is 2.51. The van der Waals surface area contributed by atoms with Crippen molar-refractivity contribution in [1.82, 2.24) is 0 Å². The Hall–Kier alpha value is -0.370. The number of aliphatic hydroxyl groups is 1. The summed E-state index contributed by atoms with van der Waals surface area (Å²) >= 11 is 0. The Kier molecular flexibility index (Phi) is 1.86. The quantitative estimate of drug-likeness (QED) is 0.522. The number of aliphatic hydroxyl groups excluding tert-OH is 1. The lowest BCUT2D eigenvalue weighted by molar-refractivity contribution is -0.128. The zero-order valence-electron chi connectivity index (χ0n) is 5.63. The van der Waals surface area contributed by atoms with Crippen LogP contribution in [0.2, 0.25) is 0 Å². The van der Waals surface area contributed by atoms with E-state index in [0.717, 1.165) is 12.8 Å². The van der Waals surface area contributed by atoms with E-state index in [2.05, 4.69) is 0 Å². The van der Waals surface area contributed by atoms with Crippen LogP contribution >= 0.6 is 0 Å². The van der Waals surface area contributed by atoms with Gasteiger partial charge in [-0.3, -0.25) is 4.79 Å². The number of hydrogen-bond acceptors (Lipinski definition) is 2. The summed E-state index contributed by atoms with van der Waals surface area (Å²) in [6, 6.07) is 0. The Morgan fingerprint density at radius 1 is 1.67 bits per heavy atom. The fourth-order valence-electron chi connectivity index (χ4n) is 1.18. The van der Waals surface area contributed by atoms with E-state index in [4.69, 9.17) is 5.11 Å². The molecule has 0 aromatic heterocycles. The minimum absolute atomic E-state index is 0.112. The molecule has 0 heterocycles. The molecule has 52 valence electrons. The highest BCUT2D eigenvalue weighted by Crippen LogP contribution is 2.19. The van der Waals surface area contributed by atoms with Gasteiger partial charge in [0.05, 0.1) is 6.10 Å². The van der Waals surface area contributed by atoms with Gasteiger partial charge >= 0.3 is 0 Å². The Bertz CT molecular complexity index is 120. The van der Waals surface area contributed by atoms with Crippen LogP contribution in [0.15, 0.2) is 0 Å². The molecule has 0 saturated heterocycles. The summed E-state index contributed by atoms with van der Waals surface area (Å²) in [4.78, 5) is 10.8. The van der Waals surface area contributed by atoms with Gasteiger partial charge in [-0.25, -0.2) is 0 Å². The van der Waals surface area contributed by atoms with Gasteiger partial charge in [-0.1, -0.05) is 6.92 Å². The first-order valence-corrected chi connectivity index (χ1v) is 3.42. The number of Topliss-reactive ketones (excluding diaryl/α,β-unsaturated/α-hetero) is 1. The average Bonchev–Trinajstić information content (AvgIpc) is 1.83. The van der Waals surface area contributed by atoms with Crippen molar-refractivity contribution in [3.8, 4) is 0 Å². The highest BCUT2D eigenvalue weighted by atomic mass is 16.3. The first kappa shape index (κ1) is 6.75. The maximum atomic E-state index is 10.8. The smallest absolute Gasteiger partial charge is 0.138 e. The van der Waals surface area contributed by atoms with Crippen molar-refractivity contribution in [1.29, 1.82) is 0 Å². The predicted octanol–water partition coefficient (Wildman–Crippen LogP) is 0.736. The van der Waals surface area contributed by atoms with Gasteiger partial charge in [0.25, 0.3) is 0 Å². The van der Waals surface area contributed by atoms with Gasteiger partial charge in [-0.05, 0) is 12.8 Å². The minimum Gasteiger partial charge on any atom is -0.392 e. The first-order valence-electron chi connectivity index (χ1n) is 3.42. The molecular weight excluding hydrogens is 116 g/mol. The molecule has 0 aromatic rings. The normalized spacial score (nSPS) is 36.9. The fourth-order valence-corrected chi connectivity index (χ4v) is 1.18. The van der Waals surface area contributed by atoms with Crippen LogP contribution in [0.4, 0.5) is 0 Å². The third kappa shape index (κ3) is 1.30. The van der Waals surface area contributed by atoms with E-state index in [9.17, 15) is 4.79 Å². The maximum Gasteiger partial charge on any atom is 0.138 e. The zero-order valence-corrected chi connectivity index (χ0v) is 5.63. The number of rotatable bonds is 0. The second-order valence-electron chi connectivity index (χ2n) is 2.71. The summed E-state index contributed by atoms with van der Waals surface area (Å²) in [5, 5.41) is 9.13.